The quantitative estimate of drug-likeness (QED) is 0.739. The molecule has 0 atom stereocenters. The van der Waals surface area contributed by atoms with Crippen LogP contribution < -0.4 is 4.90 Å². The number of nitrogens with zero attached hydrogens (tertiary/aromatic N) is 2. The standard InChI is InChI=1S/C12H11ClN2O/c1-8(2)12(16)15(3)11-5-4-10(13)6-9(11)7-14/h4-6H,1H2,2-3H3. The number of benzene rings is 1. The molecule has 16 heavy (non-hydrogen) atoms. The van der Waals surface area contributed by atoms with Crippen LogP contribution in [0.3, 0.4) is 0 Å². The minimum absolute atomic E-state index is 0.223. The Kier molecular flexibility index (Phi) is 3.70. The summed E-state index contributed by atoms with van der Waals surface area (Å²) in [5.41, 5.74) is 1.31. The second-order valence-electron chi connectivity index (χ2n) is 3.42. The second kappa shape index (κ2) is 4.82. The van der Waals surface area contributed by atoms with Crippen molar-refractivity contribution in [2.45, 2.75) is 6.92 Å². The van der Waals surface area contributed by atoms with Crippen LogP contribution in [0.25, 0.3) is 0 Å². The van der Waals surface area contributed by atoms with Crippen LogP contribution in [0.1, 0.15) is 12.5 Å². The molecule has 0 spiro atoms. The van der Waals surface area contributed by atoms with Crippen molar-refractivity contribution in [1.82, 2.24) is 0 Å². The first-order valence-electron chi connectivity index (χ1n) is 4.60. The van der Waals surface area contributed by atoms with Gasteiger partial charge in [-0.1, -0.05) is 18.2 Å². The van der Waals surface area contributed by atoms with E-state index in [1.165, 1.54) is 11.0 Å². The van der Waals surface area contributed by atoms with Gasteiger partial charge in [-0.25, -0.2) is 0 Å². The van der Waals surface area contributed by atoms with Crippen molar-refractivity contribution in [3.05, 3.63) is 40.9 Å². The van der Waals surface area contributed by atoms with Crippen LogP contribution in [0.15, 0.2) is 30.4 Å². The fourth-order valence-corrected chi connectivity index (χ4v) is 1.46. The summed E-state index contributed by atoms with van der Waals surface area (Å²) in [4.78, 5) is 13.1. The van der Waals surface area contributed by atoms with Crippen LogP contribution in [-0.2, 0) is 4.79 Å². The van der Waals surface area contributed by atoms with Gasteiger partial charge in [0.2, 0.25) is 0 Å². The molecule has 0 saturated carbocycles. The maximum Gasteiger partial charge on any atom is 0.253 e. The average Bonchev–Trinajstić information content (AvgIpc) is 2.26. The smallest absolute Gasteiger partial charge is 0.253 e. The number of anilines is 1. The van der Waals surface area contributed by atoms with Crippen LogP contribution in [0.2, 0.25) is 5.02 Å². The zero-order valence-corrected chi connectivity index (χ0v) is 9.88. The molecule has 1 aromatic carbocycles. The minimum atomic E-state index is -0.223. The van der Waals surface area contributed by atoms with Crippen LogP contribution in [0.5, 0.6) is 0 Å². The number of carbonyl (C=O) groups is 1. The Morgan fingerprint density at radius 3 is 2.69 bits per heavy atom. The van der Waals surface area contributed by atoms with Gasteiger partial charge in [0.15, 0.2) is 0 Å². The topological polar surface area (TPSA) is 44.1 Å². The number of hydrogen-bond donors (Lipinski definition) is 0. The van der Waals surface area contributed by atoms with Crippen molar-refractivity contribution < 1.29 is 4.79 Å². The molecule has 0 bridgehead atoms. The lowest BCUT2D eigenvalue weighted by molar-refractivity contribution is -0.114. The average molecular weight is 235 g/mol. The molecule has 0 aliphatic rings. The highest BCUT2D eigenvalue weighted by Gasteiger charge is 2.15. The van der Waals surface area contributed by atoms with Gasteiger partial charge in [0.25, 0.3) is 5.91 Å². The van der Waals surface area contributed by atoms with E-state index in [0.717, 1.165) is 0 Å². The predicted molar refractivity (Wildman–Crippen MR) is 64.4 cm³/mol. The van der Waals surface area contributed by atoms with Gasteiger partial charge in [-0.15, -0.1) is 0 Å². The summed E-state index contributed by atoms with van der Waals surface area (Å²) in [5.74, 6) is -0.223. The molecule has 82 valence electrons. The first kappa shape index (κ1) is 12.3. The Bertz CT molecular complexity index is 488. The lowest BCUT2D eigenvalue weighted by Gasteiger charge is -2.18. The molecule has 0 aliphatic carbocycles. The van der Waals surface area contributed by atoms with Gasteiger partial charge < -0.3 is 4.90 Å². The first-order valence-corrected chi connectivity index (χ1v) is 4.98. The second-order valence-corrected chi connectivity index (χ2v) is 3.85. The van der Waals surface area contributed by atoms with E-state index in [0.29, 0.717) is 21.8 Å². The van der Waals surface area contributed by atoms with Gasteiger partial charge in [0.1, 0.15) is 6.07 Å². The van der Waals surface area contributed by atoms with Crippen LogP contribution in [0, 0.1) is 11.3 Å². The fraction of sp³-hybridized carbons (Fsp3) is 0.167. The van der Waals surface area contributed by atoms with Crippen molar-refractivity contribution in [2.24, 2.45) is 0 Å². The molecule has 0 heterocycles. The van der Waals surface area contributed by atoms with Gasteiger partial charge >= 0.3 is 0 Å². The summed E-state index contributed by atoms with van der Waals surface area (Å²) in [6.07, 6.45) is 0. The van der Waals surface area contributed by atoms with E-state index in [1.807, 2.05) is 6.07 Å². The van der Waals surface area contributed by atoms with Gasteiger partial charge in [-0.05, 0) is 25.1 Å². The highest BCUT2D eigenvalue weighted by atomic mass is 35.5. The van der Waals surface area contributed by atoms with Crippen molar-refractivity contribution in [3.8, 4) is 6.07 Å². The summed E-state index contributed by atoms with van der Waals surface area (Å²) >= 11 is 5.77. The number of likely N-dealkylation sites (N-methyl/N-ethyl adjacent to an activating group) is 1. The Balaban J connectivity index is 3.19. The Hall–Kier alpha value is -1.79. The molecule has 4 heteroatoms. The van der Waals surface area contributed by atoms with Crippen LogP contribution >= 0.6 is 11.6 Å². The van der Waals surface area contributed by atoms with E-state index in [2.05, 4.69) is 6.58 Å². The highest BCUT2D eigenvalue weighted by Crippen LogP contribution is 2.23. The summed E-state index contributed by atoms with van der Waals surface area (Å²) in [5, 5.41) is 9.41. The number of nitriles is 1. The summed E-state index contributed by atoms with van der Waals surface area (Å²) in [6, 6.07) is 6.81. The molecule has 1 aromatic rings. The number of amides is 1. The van der Waals surface area contributed by atoms with Crippen LogP contribution in [-0.4, -0.2) is 13.0 Å². The Morgan fingerprint density at radius 2 is 2.19 bits per heavy atom. The molecule has 0 aliphatic heterocycles. The lowest BCUT2D eigenvalue weighted by Crippen LogP contribution is -2.27. The fourth-order valence-electron chi connectivity index (χ4n) is 1.29. The number of carbonyl (C=O) groups excluding carboxylic acids is 1. The molecule has 1 rings (SSSR count). The third-order valence-electron chi connectivity index (χ3n) is 2.11. The molecular weight excluding hydrogens is 224 g/mol. The number of rotatable bonds is 2. The summed E-state index contributed by atoms with van der Waals surface area (Å²) in [7, 11) is 1.60. The van der Waals surface area contributed by atoms with Crippen LogP contribution in [0.4, 0.5) is 5.69 Å². The third kappa shape index (κ3) is 2.41. The Morgan fingerprint density at radius 1 is 1.56 bits per heavy atom. The van der Waals surface area contributed by atoms with Crippen molar-refractivity contribution in [2.75, 3.05) is 11.9 Å². The molecule has 0 fully saturated rings. The zero-order chi connectivity index (χ0) is 12.3. The monoisotopic (exact) mass is 234 g/mol. The number of halogens is 1. The Labute approximate surface area is 99.5 Å². The van der Waals surface area contributed by atoms with E-state index < -0.39 is 0 Å². The predicted octanol–water partition coefficient (Wildman–Crippen LogP) is 2.75. The molecule has 3 nitrogen and oxygen atoms in total. The summed E-state index contributed by atoms with van der Waals surface area (Å²) < 4.78 is 0. The molecule has 0 radical (unpaired) electrons. The van der Waals surface area contributed by atoms with Gasteiger partial charge in [-0.2, -0.15) is 5.26 Å². The van der Waals surface area contributed by atoms with Crippen molar-refractivity contribution in [1.29, 1.82) is 5.26 Å². The van der Waals surface area contributed by atoms with E-state index >= 15 is 0 Å². The largest absolute Gasteiger partial charge is 0.310 e. The van der Waals surface area contributed by atoms with E-state index in [9.17, 15) is 4.79 Å². The van der Waals surface area contributed by atoms with Gasteiger partial charge in [0.05, 0.1) is 11.3 Å². The highest BCUT2D eigenvalue weighted by molar-refractivity contribution is 6.30. The van der Waals surface area contributed by atoms with Crippen molar-refractivity contribution >= 4 is 23.2 Å². The SMILES string of the molecule is C=C(C)C(=O)N(C)c1ccc(Cl)cc1C#N. The molecule has 0 aromatic heterocycles. The third-order valence-corrected chi connectivity index (χ3v) is 2.35. The first-order chi connectivity index (χ1) is 7.47. The normalized spacial score (nSPS) is 9.38. The van der Waals surface area contributed by atoms with E-state index in [4.69, 9.17) is 16.9 Å². The maximum absolute atomic E-state index is 11.7. The van der Waals surface area contributed by atoms with Gasteiger partial charge in [-0.3, -0.25) is 4.79 Å². The summed E-state index contributed by atoms with van der Waals surface area (Å²) in [6.45, 7) is 5.20. The molecule has 1 amide bonds. The lowest BCUT2D eigenvalue weighted by atomic mass is 10.1. The number of hydrogen-bond acceptors (Lipinski definition) is 2. The van der Waals surface area contributed by atoms with E-state index in [1.54, 1.807) is 26.1 Å². The molecule has 0 saturated heterocycles. The maximum atomic E-state index is 11.7. The molecule has 0 unspecified atom stereocenters. The minimum Gasteiger partial charge on any atom is -0.310 e. The zero-order valence-electron chi connectivity index (χ0n) is 9.12. The molecular formula is C12H11ClN2O. The van der Waals surface area contributed by atoms with Gasteiger partial charge in [0, 0.05) is 17.6 Å². The van der Waals surface area contributed by atoms with E-state index in [-0.39, 0.29) is 5.91 Å². The molecule has 0 N–H and O–H groups in total. The van der Waals surface area contributed by atoms with Crippen molar-refractivity contribution in [3.63, 3.8) is 0 Å².